The van der Waals surface area contributed by atoms with Gasteiger partial charge in [0, 0.05) is 12.4 Å². The Bertz CT molecular complexity index is 330. The molecule has 0 aromatic carbocycles. The molecule has 80 valence electrons. The van der Waals surface area contributed by atoms with E-state index in [1.165, 1.54) is 0 Å². The van der Waals surface area contributed by atoms with Gasteiger partial charge in [0.2, 0.25) is 0 Å². The van der Waals surface area contributed by atoms with Gasteiger partial charge >= 0.3 is 6.30 Å². The summed E-state index contributed by atoms with van der Waals surface area (Å²) in [5, 5.41) is 5.71. The van der Waals surface area contributed by atoms with Gasteiger partial charge in [-0.05, 0) is 12.1 Å². The molecule has 0 spiro atoms. The Morgan fingerprint density at radius 3 is 1.80 bits per heavy atom. The molecule has 0 aliphatic heterocycles. The molecule has 0 saturated heterocycles. The third kappa shape index (κ3) is 4.21. The molecule has 0 fully saturated rings. The van der Waals surface area contributed by atoms with Gasteiger partial charge in [-0.15, -0.1) is 18.3 Å². The molecule has 0 bridgehead atoms. The van der Waals surface area contributed by atoms with Crippen LogP contribution in [0.1, 0.15) is 0 Å². The minimum Gasteiger partial charge on any atom is -0.265 e. The van der Waals surface area contributed by atoms with E-state index in [0.717, 1.165) is 12.4 Å². The molecule has 0 saturated carbocycles. The van der Waals surface area contributed by atoms with Gasteiger partial charge < -0.3 is 0 Å². The van der Waals surface area contributed by atoms with Crippen LogP contribution in [0.2, 0.25) is 0 Å². The largest absolute Gasteiger partial charge is 0.505 e. The van der Waals surface area contributed by atoms with Crippen molar-refractivity contribution in [2.45, 2.75) is 6.30 Å². The van der Waals surface area contributed by atoms with E-state index in [-0.39, 0.29) is 4.68 Å². The van der Waals surface area contributed by atoms with Crippen LogP contribution in [0.3, 0.4) is 0 Å². The summed E-state index contributed by atoms with van der Waals surface area (Å²) in [6.07, 6.45) is 0.768. The van der Waals surface area contributed by atoms with Crippen LogP contribution in [0.4, 0.5) is 13.2 Å². The van der Waals surface area contributed by atoms with Crippen molar-refractivity contribution in [2.75, 3.05) is 0 Å². The Labute approximate surface area is 83.4 Å². The summed E-state index contributed by atoms with van der Waals surface area (Å²) >= 11 is 0. The summed E-state index contributed by atoms with van der Waals surface area (Å²) in [7, 11) is 0. The van der Waals surface area contributed by atoms with Crippen LogP contribution in [0.5, 0.6) is 0 Å². The first-order valence-electron chi connectivity index (χ1n) is 3.89. The molecule has 0 amide bonds. The molecule has 0 radical (unpaired) electrons. The summed E-state index contributed by atoms with van der Waals surface area (Å²) in [6.45, 7) is 0. The molecule has 2 aromatic rings. The molecule has 2 rings (SSSR count). The third-order valence-electron chi connectivity index (χ3n) is 1.25. The average Bonchev–Trinajstić information content (AvgIpc) is 2.73. The fraction of sp³-hybridized carbons (Fsp3) is 0.125. The zero-order valence-corrected chi connectivity index (χ0v) is 7.46. The van der Waals surface area contributed by atoms with Gasteiger partial charge in [0.05, 0.1) is 12.4 Å². The van der Waals surface area contributed by atoms with Gasteiger partial charge in [0.1, 0.15) is 0 Å². The Kier molecular flexibility index (Phi) is 3.78. The first-order valence-corrected chi connectivity index (χ1v) is 3.89. The lowest BCUT2D eigenvalue weighted by molar-refractivity contribution is -0.213. The second kappa shape index (κ2) is 5.08. The van der Waals surface area contributed by atoms with Gasteiger partial charge in [0.15, 0.2) is 0 Å². The van der Waals surface area contributed by atoms with Crippen molar-refractivity contribution < 1.29 is 13.2 Å². The van der Waals surface area contributed by atoms with Crippen molar-refractivity contribution >= 4 is 0 Å². The highest BCUT2D eigenvalue weighted by atomic mass is 19.4. The quantitative estimate of drug-likeness (QED) is 0.674. The summed E-state index contributed by atoms with van der Waals surface area (Å²) in [6, 6.07) is 5.72. The van der Waals surface area contributed by atoms with Crippen LogP contribution >= 0.6 is 0 Å². The van der Waals surface area contributed by atoms with Crippen molar-refractivity contribution in [3.05, 3.63) is 43.0 Å². The van der Waals surface area contributed by atoms with E-state index < -0.39 is 6.30 Å². The number of aromatic nitrogens is 4. The van der Waals surface area contributed by atoms with Crippen molar-refractivity contribution in [1.29, 1.82) is 0 Å². The lowest BCUT2D eigenvalue weighted by Gasteiger charge is -2.01. The molecule has 0 aliphatic carbocycles. The van der Waals surface area contributed by atoms with Gasteiger partial charge in [-0.2, -0.15) is 4.68 Å². The normalized spacial score (nSPS) is 10.3. The van der Waals surface area contributed by atoms with E-state index in [4.69, 9.17) is 0 Å². The summed E-state index contributed by atoms with van der Waals surface area (Å²) in [5.74, 6) is 0. The van der Waals surface area contributed by atoms with Crippen LogP contribution in [0, 0.1) is 0 Å². The van der Waals surface area contributed by atoms with Gasteiger partial charge in [-0.3, -0.25) is 4.98 Å². The lowest BCUT2D eigenvalue weighted by Crippen LogP contribution is -2.16. The van der Waals surface area contributed by atoms with E-state index in [9.17, 15) is 13.2 Å². The van der Waals surface area contributed by atoms with Gasteiger partial charge in [-0.1, -0.05) is 11.3 Å². The van der Waals surface area contributed by atoms with E-state index in [0.29, 0.717) is 0 Å². The van der Waals surface area contributed by atoms with E-state index in [1.807, 2.05) is 18.2 Å². The van der Waals surface area contributed by atoms with Crippen LogP contribution < -0.4 is 0 Å². The van der Waals surface area contributed by atoms with Crippen molar-refractivity contribution in [2.24, 2.45) is 0 Å². The second-order valence-corrected chi connectivity index (χ2v) is 2.34. The number of halogens is 3. The fourth-order valence-electron chi connectivity index (χ4n) is 0.656. The first-order chi connectivity index (χ1) is 7.11. The zero-order valence-electron chi connectivity index (χ0n) is 7.46. The standard InChI is InChI=1S/C5H5N.C3H2F3N3/c1-2-4-6-5-3-1;4-3(5,6)9-2-1-7-8-9/h1-5H;1-2H. The highest BCUT2D eigenvalue weighted by molar-refractivity contribution is 4.88. The monoisotopic (exact) mass is 216 g/mol. The number of hydrogen-bond acceptors (Lipinski definition) is 3. The molecule has 2 aromatic heterocycles. The minimum absolute atomic E-state index is 0.174. The summed E-state index contributed by atoms with van der Waals surface area (Å²) < 4.78 is 34.3. The smallest absolute Gasteiger partial charge is 0.265 e. The number of rotatable bonds is 0. The fourth-order valence-corrected chi connectivity index (χ4v) is 0.656. The molecule has 0 N–H and O–H groups in total. The first kappa shape index (κ1) is 11.2. The summed E-state index contributed by atoms with van der Waals surface area (Å²) in [4.78, 5) is 3.78. The molecule has 7 heteroatoms. The number of hydrogen-bond donors (Lipinski definition) is 0. The topological polar surface area (TPSA) is 43.6 Å². The highest BCUT2D eigenvalue weighted by Gasteiger charge is 2.31. The van der Waals surface area contributed by atoms with E-state index in [2.05, 4.69) is 15.3 Å². The minimum atomic E-state index is -4.43. The molecule has 0 aliphatic rings. The van der Waals surface area contributed by atoms with E-state index >= 15 is 0 Å². The predicted molar refractivity (Wildman–Crippen MR) is 45.6 cm³/mol. The Hall–Kier alpha value is -1.92. The van der Waals surface area contributed by atoms with Gasteiger partial charge in [-0.25, -0.2) is 0 Å². The molecule has 4 nitrogen and oxygen atoms in total. The molecular formula is C8H7F3N4. The maximum absolute atomic E-state index is 11.5. The van der Waals surface area contributed by atoms with Crippen molar-refractivity contribution in [1.82, 2.24) is 20.0 Å². The number of alkyl halides is 3. The Morgan fingerprint density at radius 1 is 0.933 bits per heavy atom. The average molecular weight is 216 g/mol. The molecule has 2 heterocycles. The highest BCUT2D eigenvalue weighted by Crippen LogP contribution is 2.18. The number of pyridine rings is 1. The molecule has 0 atom stereocenters. The molecule has 15 heavy (non-hydrogen) atoms. The zero-order chi connectivity index (χ0) is 11.1. The number of nitrogens with zero attached hydrogens (tertiary/aromatic N) is 4. The van der Waals surface area contributed by atoms with Crippen molar-refractivity contribution in [3.63, 3.8) is 0 Å². The SMILES string of the molecule is FC(F)(F)n1ccnn1.c1ccncc1. The second-order valence-electron chi connectivity index (χ2n) is 2.34. The van der Waals surface area contributed by atoms with Crippen LogP contribution in [0.15, 0.2) is 43.0 Å². The summed E-state index contributed by atoms with van der Waals surface area (Å²) in [5.41, 5.74) is 0. The van der Waals surface area contributed by atoms with Crippen LogP contribution in [-0.2, 0) is 6.30 Å². The Morgan fingerprint density at radius 2 is 1.60 bits per heavy atom. The van der Waals surface area contributed by atoms with E-state index in [1.54, 1.807) is 12.4 Å². The predicted octanol–water partition coefficient (Wildman–Crippen LogP) is 1.84. The lowest BCUT2D eigenvalue weighted by atomic mass is 10.5. The molecular weight excluding hydrogens is 209 g/mol. The van der Waals surface area contributed by atoms with Gasteiger partial charge in [0.25, 0.3) is 0 Å². The van der Waals surface area contributed by atoms with Crippen molar-refractivity contribution in [3.8, 4) is 0 Å². The maximum atomic E-state index is 11.5. The Balaban J connectivity index is 0.000000162. The van der Waals surface area contributed by atoms with Crippen LogP contribution in [-0.4, -0.2) is 20.0 Å². The third-order valence-corrected chi connectivity index (χ3v) is 1.25. The maximum Gasteiger partial charge on any atom is 0.505 e. The van der Waals surface area contributed by atoms with Crippen LogP contribution in [0.25, 0.3) is 0 Å². The molecule has 0 unspecified atom stereocenters.